The molecule has 0 saturated carbocycles. The third-order valence-electron chi connectivity index (χ3n) is 4.10. The van der Waals surface area contributed by atoms with Gasteiger partial charge in [0.2, 0.25) is 0 Å². The lowest BCUT2D eigenvalue weighted by Gasteiger charge is -2.09. The molecule has 0 bridgehead atoms. The molecule has 0 aromatic carbocycles. The van der Waals surface area contributed by atoms with E-state index in [0.29, 0.717) is 0 Å². The maximum Gasteiger partial charge on any atom is 0.157 e. The average molecular weight is 327 g/mol. The number of hydrogen-bond donors (Lipinski definition) is 1. The monoisotopic (exact) mass is 327 g/mol. The van der Waals surface area contributed by atoms with Gasteiger partial charge in [-0.3, -0.25) is 19.4 Å². The lowest BCUT2D eigenvalue weighted by Crippen LogP contribution is -1.98. The number of nitrogens with zero attached hydrogens (tertiary/aromatic N) is 6. The van der Waals surface area contributed by atoms with E-state index < -0.39 is 0 Å². The fraction of sp³-hybridized carbons (Fsp3) is 0.0556. The third kappa shape index (κ3) is 2.17. The number of pyridine rings is 3. The molecule has 1 N–H and O–H groups in total. The molecule has 0 amide bonds. The molecule has 7 heteroatoms. The lowest BCUT2D eigenvalue weighted by atomic mass is 10.2. The highest BCUT2D eigenvalue weighted by Gasteiger charge is 2.15. The molecule has 0 aliphatic carbocycles. The molecule has 25 heavy (non-hydrogen) atoms. The number of imidazole rings is 1. The maximum absolute atomic E-state index is 4.78. The van der Waals surface area contributed by atoms with E-state index in [1.54, 1.807) is 31.0 Å². The van der Waals surface area contributed by atoms with Crippen LogP contribution in [0.4, 0.5) is 11.5 Å². The predicted molar refractivity (Wildman–Crippen MR) is 95.8 cm³/mol. The minimum absolute atomic E-state index is 0.722. The van der Waals surface area contributed by atoms with Crippen molar-refractivity contribution in [1.29, 1.82) is 0 Å². The normalized spacial score (nSPS) is 11.4. The van der Waals surface area contributed by atoms with Gasteiger partial charge in [0.1, 0.15) is 11.0 Å². The highest BCUT2D eigenvalue weighted by Crippen LogP contribution is 2.31. The smallest absolute Gasteiger partial charge is 0.157 e. The second kappa shape index (κ2) is 5.20. The van der Waals surface area contributed by atoms with E-state index >= 15 is 0 Å². The molecule has 5 aromatic heterocycles. The van der Waals surface area contributed by atoms with E-state index in [9.17, 15) is 0 Å². The molecule has 0 radical (unpaired) electrons. The minimum Gasteiger partial charge on any atom is -0.338 e. The Bertz CT molecular complexity index is 1240. The Morgan fingerprint density at radius 1 is 1.00 bits per heavy atom. The SMILES string of the molecule is Cc1cc(Nc2nc3cnccc3c3nc4cnccn4c23)ccn1. The summed E-state index contributed by atoms with van der Waals surface area (Å²) >= 11 is 0. The highest BCUT2D eigenvalue weighted by atomic mass is 15.1. The summed E-state index contributed by atoms with van der Waals surface area (Å²) in [5.74, 6) is 0.722. The highest BCUT2D eigenvalue weighted by molar-refractivity contribution is 6.08. The number of nitrogens with one attached hydrogen (secondary N) is 1. The molecule has 5 rings (SSSR count). The lowest BCUT2D eigenvalue weighted by molar-refractivity contribution is 1.15. The molecule has 0 atom stereocenters. The molecular weight excluding hydrogens is 314 g/mol. The number of fused-ring (bicyclic) bond motifs is 5. The Hall–Kier alpha value is -3.61. The summed E-state index contributed by atoms with van der Waals surface area (Å²) in [7, 11) is 0. The van der Waals surface area contributed by atoms with Crippen LogP contribution in [0.1, 0.15) is 5.69 Å². The summed E-state index contributed by atoms with van der Waals surface area (Å²) in [4.78, 5) is 22.1. The van der Waals surface area contributed by atoms with E-state index in [4.69, 9.17) is 9.97 Å². The average Bonchev–Trinajstić information content (AvgIpc) is 3.02. The first kappa shape index (κ1) is 13.8. The first-order chi connectivity index (χ1) is 12.3. The molecule has 0 aliphatic rings. The van der Waals surface area contributed by atoms with Crippen molar-refractivity contribution < 1.29 is 0 Å². The third-order valence-corrected chi connectivity index (χ3v) is 4.10. The van der Waals surface area contributed by atoms with Gasteiger partial charge in [-0.1, -0.05) is 0 Å². The number of anilines is 2. The second-order valence-electron chi connectivity index (χ2n) is 5.78. The Labute approximate surface area is 142 Å². The fourth-order valence-corrected chi connectivity index (χ4v) is 3.02. The van der Waals surface area contributed by atoms with E-state index in [1.165, 1.54) is 0 Å². The zero-order valence-electron chi connectivity index (χ0n) is 13.4. The second-order valence-corrected chi connectivity index (χ2v) is 5.78. The number of hydrogen-bond acceptors (Lipinski definition) is 6. The topological polar surface area (TPSA) is 80.9 Å². The van der Waals surface area contributed by atoms with Crippen molar-refractivity contribution in [3.63, 3.8) is 0 Å². The van der Waals surface area contributed by atoms with Gasteiger partial charge < -0.3 is 5.32 Å². The molecule has 0 fully saturated rings. The standard InChI is InChI=1S/C18H13N7/c1-11-8-12(2-5-21-11)22-18-17-16(13-3-4-19-9-14(13)23-18)24-15-10-20-6-7-25(15)17/h2-10H,1H3,(H,21,22,23). The van der Waals surface area contributed by atoms with Gasteiger partial charge in [-0.25, -0.2) is 9.97 Å². The van der Waals surface area contributed by atoms with Gasteiger partial charge in [0.15, 0.2) is 11.5 Å². The van der Waals surface area contributed by atoms with Crippen LogP contribution < -0.4 is 5.32 Å². The summed E-state index contributed by atoms with van der Waals surface area (Å²) < 4.78 is 1.99. The van der Waals surface area contributed by atoms with Crippen LogP contribution in [0, 0.1) is 6.92 Å². The van der Waals surface area contributed by atoms with Gasteiger partial charge in [0.05, 0.1) is 17.9 Å². The molecular formula is C18H13N7. The summed E-state index contributed by atoms with van der Waals surface area (Å²) in [5, 5.41) is 4.36. The van der Waals surface area contributed by atoms with E-state index in [1.807, 2.05) is 35.7 Å². The quantitative estimate of drug-likeness (QED) is 0.536. The van der Waals surface area contributed by atoms with E-state index in [2.05, 4.69) is 20.3 Å². The predicted octanol–water partition coefficient (Wildman–Crippen LogP) is 3.27. The van der Waals surface area contributed by atoms with Crippen LogP contribution >= 0.6 is 0 Å². The largest absolute Gasteiger partial charge is 0.338 e. The van der Waals surface area contributed by atoms with Crippen molar-refractivity contribution in [2.24, 2.45) is 0 Å². The zero-order chi connectivity index (χ0) is 16.8. The van der Waals surface area contributed by atoms with Crippen LogP contribution in [0.5, 0.6) is 0 Å². The van der Waals surface area contributed by atoms with Crippen LogP contribution in [0.15, 0.2) is 55.4 Å². The molecule has 7 nitrogen and oxygen atoms in total. The summed E-state index contributed by atoms with van der Waals surface area (Å²) in [5.41, 5.74) is 5.20. The number of aryl methyl sites for hydroxylation is 1. The summed E-state index contributed by atoms with van der Waals surface area (Å²) in [6, 6.07) is 5.83. The minimum atomic E-state index is 0.722. The van der Waals surface area contributed by atoms with Crippen LogP contribution in [0.3, 0.4) is 0 Å². The molecule has 0 saturated heterocycles. The Morgan fingerprint density at radius 3 is 2.84 bits per heavy atom. The van der Waals surface area contributed by atoms with Crippen molar-refractivity contribution in [3.05, 3.63) is 61.1 Å². The first-order valence-corrected chi connectivity index (χ1v) is 7.85. The van der Waals surface area contributed by atoms with Crippen molar-refractivity contribution >= 4 is 39.1 Å². The Kier molecular flexibility index (Phi) is 2.87. The van der Waals surface area contributed by atoms with Gasteiger partial charge in [0, 0.05) is 41.6 Å². The maximum atomic E-state index is 4.78. The van der Waals surface area contributed by atoms with Gasteiger partial charge in [0.25, 0.3) is 0 Å². The van der Waals surface area contributed by atoms with Crippen molar-refractivity contribution in [2.45, 2.75) is 6.92 Å². The summed E-state index contributed by atoms with van der Waals surface area (Å²) in [6.07, 6.45) is 10.7. The van der Waals surface area contributed by atoms with E-state index in [0.717, 1.165) is 44.8 Å². The molecule has 5 aromatic rings. The van der Waals surface area contributed by atoms with Crippen molar-refractivity contribution in [3.8, 4) is 0 Å². The van der Waals surface area contributed by atoms with Crippen LogP contribution in [-0.4, -0.2) is 29.3 Å². The van der Waals surface area contributed by atoms with Crippen LogP contribution in [-0.2, 0) is 0 Å². The summed E-state index contributed by atoms with van der Waals surface area (Å²) in [6.45, 7) is 1.96. The van der Waals surface area contributed by atoms with Crippen LogP contribution in [0.2, 0.25) is 0 Å². The van der Waals surface area contributed by atoms with Gasteiger partial charge in [-0.2, -0.15) is 0 Å². The van der Waals surface area contributed by atoms with Gasteiger partial charge in [-0.05, 0) is 25.1 Å². The van der Waals surface area contributed by atoms with Gasteiger partial charge >= 0.3 is 0 Å². The molecule has 0 spiro atoms. The fourth-order valence-electron chi connectivity index (χ4n) is 3.02. The van der Waals surface area contributed by atoms with Crippen molar-refractivity contribution in [1.82, 2.24) is 29.3 Å². The zero-order valence-corrected chi connectivity index (χ0v) is 13.4. The van der Waals surface area contributed by atoms with Gasteiger partial charge in [-0.15, -0.1) is 0 Å². The molecule has 120 valence electrons. The van der Waals surface area contributed by atoms with Crippen molar-refractivity contribution in [2.75, 3.05) is 5.32 Å². The first-order valence-electron chi connectivity index (χ1n) is 7.85. The molecule has 0 aliphatic heterocycles. The Balaban J connectivity index is 1.86. The van der Waals surface area contributed by atoms with E-state index in [-0.39, 0.29) is 0 Å². The Morgan fingerprint density at radius 2 is 1.92 bits per heavy atom. The number of aromatic nitrogens is 6. The molecule has 0 unspecified atom stereocenters. The van der Waals surface area contributed by atoms with Crippen LogP contribution in [0.25, 0.3) is 27.6 Å². The number of rotatable bonds is 2. The molecule has 5 heterocycles.